The number of aromatic nitrogens is 4. The van der Waals surface area contributed by atoms with E-state index in [1.54, 1.807) is 4.57 Å². The van der Waals surface area contributed by atoms with Crippen LogP contribution in [0.3, 0.4) is 0 Å². The van der Waals surface area contributed by atoms with Crippen molar-refractivity contribution < 1.29 is 9.84 Å². The van der Waals surface area contributed by atoms with Crippen molar-refractivity contribution in [3.63, 3.8) is 0 Å². The van der Waals surface area contributed by atoms with E-state index in [-0.39, 0.29) is 35.8 Å². The molecule has 0 aliphatic carbocycles. The van der Waals surface area contributed by atoms with Gasteiger partial charge in [-0.15, -0.1) is 0 Å². The predicted molar refractivity (Wildman–Crippen MR) is 58.1 cm³/mol. The summed E-state index contributed by atoms with van der Waals surface area (Å²) in [7, 11) is 0. The Balaban J connectivity index is 2.15. The summed E-state index contributed by atoms with van der Waals surface area (Å²) in [5.74, 6) is 0.0267. The van der Waals surface area contributed by atoms with Crippen LogP contribution in [0.15, 0.2) is 11.1 Å². The van der Waals surface area contributed by atoms with Gasteiger partial charge in [-0.25, -0.2) is 4.98 Å². The van der Waals surface area contributed by atoms with Crippen molar-refractivity contribution in [2.75, 3.05) is 18.9 Å². The summed E-state index contributed by atoms with van der Waals surface area (Å²) in [6.45, 7) is 0.503. The van der Waals surface area contributed by atoms with Gasteiger partial charge in [0.15, 0.2) is 11.2 Å². The Morgan fingerprint density at radius 3 is 3.18 bits per heavy atom. The zero-order chi connectivity index (χ0) is 12.0. The molecule has 1 saturated heterocycles. The zero-order valence-electron chi connectivity index (χ0n) is 8.83. The molecule has 0 radical (unpaired) electrons. The summed E-state index contributed by atoms with van der Waals surface area (Å²) in [6, 6.07) is 0. The number of anilines is 1. The van der Waals surface area contributed by atoms with Crippen molar-refractivity contribution in [1.82, 2.24) is 19.5 Å². The number of nitrogens with two attached hydrogens (primary N) is 1. The molecule has 17 heavy (non-hydrogen) atoms. The number of rotatable bonds is 2. The Hall–Kier alpha value is -1.93. The van der Waals surface area contributed by atoms with Gasteiger partial charge in [-0.1, -0.05) is 0 Å². The SMILES string of the molecule is Nc1nc2c(ncn2[C@@H]2OC[C@H]2CO)c(=O)[nH]1. The Morgan fingerprint density at radius 1 is 1.71 bits per heavy atom. The highest BCUT2D eigenvalue weighted by Crippen LogP contribution is 2.31. The summed E-state index contributed by atoms with van der Waals surface area (Å²) in [5.41, 5.74) is 5.68. The summed E-state index contributed by atoms with van der Waals surface area (Å²) in [6.07, 6.45) is 1.14. The van der Waals surface area contributed by atoms with Crippen molar-refractivity contribution in [3.8, 4) is 0 Å². The number of hydrogen-bond acceptors (Lipinski definition) is 6. The second-order valence-electron chi connectivity index (χ2n) is 3.94. The van der Waals surface area contributed by atoms with E-state index >= 15 is 0 Å². The molecule has 0 saturated carbocycles. The number of ether oxygens (including phenoxy) is 1. The number of fused-ring (bicyclic) bond motifs is 1. The minimum absolute atomic E-state index is 0.00490. The molecule has 0 spiro atoms. The number of aromatic amines is 1. The van der Waals surface area contributed by atoms with Crippen LogP contribution < -0.4 is 11.3 Å². The lowest BCUT2D eigenvalue weighted by atomic mass is 10.1. The molecule has 0 aromatic carbocycles. The Kier molecular flexibility index (Phi) is 2.13. The molecule has 90 valence electrons. The number of imidazole rings is 1. The van der Waals surface area contributed by atoms with Crippen molar-refractivity contribution in [3.05, 3.63) is 16.7 Å². The first-order valence-corrected chi connectivity index (χ1v) is 5.15. The molecule has 0 unspecified atom stereocenters. The van der Waals surface area contributed by atoms with E-state index in [0.29, 0.717) is 12.3 Å². The molecule has 3 rings (SSSR count). The van der Waals surface area contributed by atoms with Crippen LogP contribution >= 0.6 is 0 Å². The van der Waals surface area contributed by atoms with E-state index < -0.39 is 0 Å². The molecule has 3 heterocycles. The number of aliphatic hydroxyl groups is 1. The molecule has 1 aliphatic rings. The maximum atomic E-state index is 11.6. The number of nitrogens with zero attached hydrogens (tertiary/aromatic N) is 3. The van der Waals surface area contributed by atoms with Crippen LogP contribution in [0.25, 0.3) is 11.2 Å². The first-order chi connectivity index (χ1) is 8.20. The Bertz CT molecular complexity index is 617. The molecule has 8 heteroatoms. The molecule has 2 aromatic rings. The van der Waals surface area contributed by atoms with E-state index in [4.69, 9.17) is 15.6 Å². The van der Waals surface area contributed by atoms with Gasteiger partial charge in [0.2, 0.25) is 5.95 Å². The van der Waals surface area contributed by atoms with Crippen molar-refractivity contribution in [2.45, 2.75) is 6.23 Å². The Morgan fingerprint density at radius 2 is 2.53 bits per heavy atom. The van der Waals surface area contributed by atoms with Crippen LogP contribution in [0.5, 0.6) is 0 Å². The van der Waals surface area contributed by atoms with Crippen LogP contribution in [-0.2, 0) is 4.74 Å². The Labute approximate surface area is 95.1 Å². The van der Waals surface area contributed by atoms with E-state index in [1.807, 2.05) is 0 Å². The average molecular weight is 237 g/mol. The number of nitrogens with one attached hydrogen (secondary N) is 1. The molecule has 2 aromatic heterocycles. The molecule has 8 nitrogen and oxygen atoms in total. The van der Waals surface area contributed by atoms with Gasteiger partial charge < -0.3 is 15.6 Å². The molecule has 1 aliphatic heterocycles. The lowest BCUT2D eigenvalue weighted by Crippen LogP contribution is -2.38. The molecular formula is C9H11N5O3. The van der Waals surface area contributed by atoms with Gasteiger partial charge in [-0.3, -0.25) is 14.3 Å². The summed E-state index contributed by atoms with van der Waals surface area (Å²) in [4.78, 5) is 21.9. The molecule has 1 fully saturated rings. The zero-order valence-corrected chi connectivity index (χ0v) is 8.83. The average Bonchev–Trinajstić information content (AvgIpc) is 2.61. The van der Waals surface area contributed by atoms with E-state index in [0.717, 1.165) is 0 Å². The third-order valence-electron chi connectivity index (χ3n) is 2.84. The summed E-state index contributed by atoms with van der Waals surface area (Å²) in [5, 5.41) is 9.11. The first-order valence-electron chi connectivity index (χ1n) is 5.15. The number of hydrogen-bond donors (Lipinski definition) is 3. The monoisotopic (exact) mass is 237 g/mol. The van der Waals surface area contributed by atoms with Crippen LogP contribution in [0, 0.1) is 5.92 Å². The minimum Gasteiger partial charge on any atom is -0.396 e. The first kappa shape index (κ1) is 10.2. The van der Waals surface area contributed by atoms with Gasteiger partial charge in [0.05, 0.1) is 25.5 Å². The van der Waals surface area contributed by atoms with Gasteiger partial charge in [-0.2, -0.15) is 4.98 Å². The lowest BCUT2D eigenvalue weighted by Gasteiger charge is -2.36. The highest BCUT2D eigenvalue weighted by Gasteiger charge is 2.34. The van der Waals surface area contributed by atoms with E-state index in [2.05, 4.69) is 15.0 Å². The van der Waals surface area contributed by atoms with Crippen molar-refractivity contribution in [2.24, 2.45) is 5.92 Å². The molecular weight excluding hydrogens is 226 g/mol. The smallest absolute Gasteiger partial charge is 0.280 e. The van der Waals surface area contributed by atoms with Crippen LogP contribution in [0.4, 0.5) is 5.95 Å². The standard InChI is InChI=1S/C9H11N5O3/c10-9-12-6-5(7(16)13-9)11-3-14(6)8-4(1-15)2-17-8/h3-4,8,15H,1-2H2,(H3,10,12,13,16)/t4-,8-/m1/s1. The fraction of sp³-hybridized carbons (Fsp3) is 0.444. The van der Waals surface area contributed by atoms with Crippen molar-refractivity contribution in [1.29, 1.82) is 0 Å². The second kappa shape index (κ2) is 3.54. The van der Waals surface area contributed by atoms with Gasteiger partial charge in [-0.05, 0) is 0 Å². The third kappa shape index (κ3) is 1.41. The lowest BCUT2D eigenvalue weighted by molar-refractivity contribution is -0.172. The third-order valence-corrected chi connectivity index (χ3v) is 2.84. The number of H-pyrrole nitrogens is 1. The molecule has 4 N–H and O–H groups in total. The molecule has 0 amide bonds. The van der Waals surface area contributed by atoms with Crippen LogP contribution in [0.2, 0.25) is 0 Å². The maximum absolute atomic E-state index is 11.6. The fourth-order valence-corrected chi connectivity index (χ4v) is 1.90. The largest absolute Gasteiger partial charge is 0.396 e. The van der Waals surface area contributed by atoms with Crippen LogP contribution in [-0.4, -0.2) is 37.8 Å². The molecule has 0 bridgehead atoms. The topological polar surface area (TPSA) is 119 Å². The quantitative estimate of drug-likeness (QED) is 0.606. The predicted octanol–water partition coefficient (Wildman–Crippen LogP) is -1.16. The highest BCUT2D eigenvalue weighted by atomic mass is 16.5. The number of nitrogen functional groups attached to an aromatic ring is 1. The van der Waals surface area contributed by atoms with Crippen LogP contribution in [0.1, 0.15) is 6.23 Å². The highest BCUT2D eigenvalue weighted by molar-refractivity contribution is 5.70. The van der Waals surface area contributed by atoms with Gasteiger partial charge in [0.25, 0.3) is 5.56 Å². The minimum atomic E-state index is -0.383. The summed E-state index contributed by atoms with van der Waals surface area (Å²) < 4.78 is 6.95. The molecule has 2 atom stereocenters. The van der Waals surface area contributed by atoms with E-state index in [9.17, 15) is 4.79 Å². The van der Waals surface area contributed by atoms with Gasteiger partial charge in [0, 0.05) is 0 Å². The van der Waals surface area contributed by atoms with E-state index in [1.165, 1.54) is 6.33 Å². The van der Waals surface area contributed by atoms with Gasteiger partial charge >= 0.3 is 0 Å². The van der Waals surface area contributed by atoms with Crippen molar-refractivity contribution >= 4 is 17.1 Å². The second-order valence-corrected chi connectivity index (χ2v) is 3.94. The maximum Gasteiger partial charge on any atom is 0.280 e. The fourth-order valence-electron chi connectivity index (χ4n) is 1.90. The van der Waals surface area contributed by atoms with Gasteiger partial charge in [0.1, 0.15) is 6.23 Å². The number of aliphatic hydroxyl groups excluding tert-OH is 1. The summed E-state index contributed by atoms with van der Waals surface area (Å²) >= 11 is 0. The normalized spacial score (nSPS) is 23.8.